The Balaban J connectivity index is 1.99. The molecule has 5 nitrogen and oxygen atoms in total. The fourth-order valence-electron chi connectivity index (χ4n) is 3.43. The Labute approximate surface area is 145 Å². The van der Waals surface area contributed by atoms with Crippen LogP contribution in [-0.4, -0.2) is 17.1 Å². The van der Waals surface area contributed by atoms with E-state index < -0.39 is 0 Å². The van der Waals surface area contributed by atoms with Crippen LogP contribution < -0.4 is 10.1 Å². The lowest BCUT2D eigenvalue weighted by Gasteiger charge is -2.19. The van der Waals surface area contributed by atoms with E-state index >= 15 is 0 Å². The van der Waals surface area contributed by atoms with Gasteiger partial charge >= 0.3 is 0 Å². The van der Waals surface area contributed by atoms with Gasteiger partial charge in [0.15, 0.2) is 6.61 Å². The third-order valence-electron chi connectivity index (χ3n) is 4.53. The summed E-state index contributed by atoms with van der Waals surface area (Å²) in [4.78, 5) is 11.6. The molecule has 1 amide bonds. The maximum absolute atomic E-state index is 11.6. The van der Waals surface area contributed by atoms with Gasteiger partial charge in [-0.15, -0.1) is 0 Å². The van der Waals surface area contributed by atoms with Gasteiger partial charge in [-0.05, 0) is 43.7 Å². The summed E-state index contributed by atoms with van der Waals surface area (Å²) in [6.45, 7) is 4.89. The highest BCUT2D eigenvalue weighted by molar-refractivity contribution is 5.98. The van der Waals surface area contributed by atoms with Crippen molar-refractivity contribution in [2.75, 3.05) is 11.9 Å². The lowest BCUT2D eigenvalue weighted by molar-refractivity contribution is -0.118. The summed E-state index contributed by atoms with van der Waals surface area (Å²) < 4.78 is 7.58. The van der Waals surface area contributed by atoms with E-state index in [0.717, 1.165) is 34.3 Å². The third kappa shape index (κ3) is 2.34. The van der Waals surface area contributed by atoms with Crippen molar-refractivity contribution in [1.29, 1.82) is 5.26 Å². The molecule has 0 unspecified atom stereocenters. The number of anilines is 1. The van der Waals surface area contributed by atoms with Crippen LogP contribution in [0.25, 0.3) is 22.2 Å². The maximum atomic E-state index is 11.6. The van der Waals surface area contributed by atoms with Crippen LogP contribution in [0.1, 0.15) is 18.1 Å². The van der Waals surface area contributed by atoms with Crippen LogP contribution in [-0.2, 0) is 11.3 Å². The van der Waals surface area contributed by atoms with Gasteiger partial charge in [0.05, 0.1) is 22.5 Å². The van der Waals surface area contributed by atoms with Crippen LogP contribution in [0, 0.1) is 18.3 Å². The molecule has 0 atom stereocenters. The van der Waals surface area contributed by atoms with Crippen LogP contribution in [0.15, 0.2) is 36.4 Å². The van der Waals surface area contributed by atoms with E-state index in [4.69, 9.17) is 4.74 Å². The monoisotopic (exact) mass is 331 g/mol. The van der Waals surface area contributed by atoms with E-state index in [2.05, 4.69) is 28.9 Å². The molecular formula is C20H17N3O2. The molecule has 4 rings (SSSR count). The number of nitrogens with one attached hydrogen (secondary N) is 1. The number of nitriles is 1. The number of hydrogen-bond donors (Lipinski definition) is 1. The Morgan fingerprint density at radius 2 is 2.12 bits per heavy atom. The topological polar surface area (TPSA) is 67.1 Å². The average Bonchev–Trinajstić information content (AvgIpc) is 2.93. The molecule has 5 heteroatoms. The third-order valence-corrected chi connectivity index (χ3v) is 4.53. The largest absolute Gasteiger partial charge is 0.482 e. The number of hydrogen-bond acceptors (Lipinski definition) is 3. The van der Waals surface area contributed by atoms with Crippen molar-refractivity contribution < 1.29 is 9.53 Å². The summed E-state index contributed by atoms with van der Waals surface area (Å²) in [5.41, 5.74) is 5.25. The number of carbonyl (C=O) groups is 1. The molecular weight excluding hydrogens is 314 g/mol. The zero-order valence-corrected chi connectivity index (χ0v) is 14.1. The highest BCUT2D eigenvalue weighted by Gasteiger charge is 2.21. The Kier molecular flexibility index (Phi) is 3.47. The Morgan fingerprint density at radius 1 is 1.28 bits per heavy atom. The standard InChI is InChI=1S/C20H17N3O2/c1-3-23-17-8-12(2)4-6-14(17)15(10-21)20(23)13-5-7-18-16(9-13)22-19(24)11-25-18/h4-9H,3,11H2,1-2H3,(H,22,24). The van der Waals surface area contributed by atoms with Gasteiger partial charge in [0.2, 0.25) is 0 Å². The summed E-state index contributed by atoms with van der Waals surface area (Å²) in [6, 6.07) is 14.1. The van der Waals surface area contributed by atoms with Gasteiger partial charge in [0.1, 0.15) is 11.8 Å². The first-order chi connectivity index (χ1) is 12.1. The highest BCUT2D eigenvalue weighted by atomic mass is 16.5. The highest BCUT2D eigenvalue weighted by Crippen LogP contribution is 2.38. The Morgan fingerprint density at radius 3 is 2.88 bits per heavy atom. The Bertz CT molecular complexity index is 1060. The molecule has 1 N–H and O–H groups in total. The fourth-order valence-corrected chi connectivity index (χ4v) is 3.43. The number of aromatic nitrogens is 1. The van der Waals surface area contributed by atoms with Crippen molar-refractivity contribution in [3.63, 3.8) is 0 Å². The summed E-state index contributed by atoms with van der Waals surface area (Å²) in [5.74, 6) is 0.480. The van der Waals surface area contributed by atoms with E-state index in [1.807, 2.05) is 37.3 Å². The zero-order valence-electron chi connectivity index (χ0n) is 14.1. The molecule has 0 radical (unpaired) electrons. The molecule has 0 bridgehead atoms. The van der Waals surface area contributed by atoms with Gasteiger partial charge in [-0.3, -0.25) is 4.79 Å². The molecule has 0 aliphatic carbocycles. The minimum atomic E-state index is -0.170. The molecule has 0 saturated heterocycles. The van der Waals surface area contributed by atoms with Gasteiger partial charge in [0.25, 0.3) is 5.91 Å². The molecule has 124 valence electrons. The predicted octanol–water partition coefficient (Wildman–Crippen LogP) is 3.84. The normalized spacial score (nSPS) is 13.1. The average molecular weight is 331 g/mol. The number of carbonyl (C=O) groups excluding carboxylic acids is 1. The van der Waals surface area contributed by atoms with E-state index in [-0.39, 0.29) is 12.5 Å². The van der Waals surface area contributed by atoms with Crippen molar-refractivity contribution in [2.24, 2.45) is 0 Å². The second-order valence-electron chi connectivity index (χ2n) is 6.15. The SMILES string of the molecule is CCn1c(-c2ccc3c(c2)NC(=O)CO3)c(C#N)c2ccc(C)cc21. The number of benzene rings is 2. The number of nitrogens with zero attached hydrogens (tertiary/aromatic N) is 2. The summed E-state index contributed by atoms with van der Waals surface area (Å²) in [6.07, 6.45) is 0. The quantitative estimate of drug-likeness (QED) is 0.776. The zero-order chi connectivity index (χ0) is 17.6. The molecule has 1 aliphatic rings. The number of rotatable bonds is 2. The maximum Gasteiger partial charge on any atom is 0.262 e. The number of amides is 1. The van der Waals surface area contributed by atoms with Crippen LogP contribution in [0.2, 0.25) is 0 Å². The number of aryl methyl sites for hydroxylation is 2. The molecule has 0 saturated carbocycles. The van der Waals surface area contributed by atoms with E-state index in [1.165, 1.54) is 0 Å². The van der Waals surface area contributed by atoms with Gasteiger partial charge in [-0.25, -0.2) is 0 Å². The van der Waals surface area contributed by atoms with Gasteiger partial charge in [-0.2, -0.15) is 5.26 Å². The van der Waals surface area contributed by atoms with E-state index in [9.17, 15) is 10.1 Å². The smallest absolute Gasteiger partial charge is 0.262 e. The van der Waals surface area contributed by atoms with Gasteiger partial charge in [-0.1, -0.05) is 12.1 Å². The first kappa shape index (κ1) is 15.3. The number of ether oxygens (including phenoxy) is 1. The van der Waals surface area contributed by atoms with Crippen molar-refractivity contribution in [3.8, 4) is 23.1 Å². The van der Waals surface area contributed by atoms with E-state index in [0.29, 0.717) is 17.0 Å². The first-order valence-corrected chi connectivity index (χ1v) is 8.22. The molecule has 2 heterocycles. The summed E-state index contributed by atoms with van der Waals surface area (Å²) >= 11 is 0. The molecule has 1 aliphatic heterocycles. The second-order valence-corrected chi connectivity index (χ2v) is 6.15. The summed E-state index contributed by atoms with van der Waals surface area (Å²) in [7, 11) is 0. The van der Waals surface area contributed by atoms with Crippen molar-refractivity contribution in [2.45, 2.75) is 20.4 Å². The fraction of sp³-hybridized carbons (Fsp3) is 0.200. The Hall–Kier alpha value is -3.26. The molecule has 0 spiro atoms. The predicted molar refractivity (Wildman–Crippen MR) is 96.6 cm³/mol. The van der Waals surface area contributed by atoms with Crippen LogP contribution in [0.4, 0.5) is 5.69 Å². The lowest BCUT2D eigenvalue weighted by atomic mass is 10.0. The first-order valence-electron chi connectivity index (χ1n) is 8.22. The second kappa shape index (κ2) is 5.67. The van der Waals surface area contributed by atoms with Crippen molar-refractivity contribution >= 4 is 22.5 Å². The lowest BCUT2D eigenvalue weighted by Crippen LogP contribution is -2.25. The molecule has 2 aromatic carbocycles. The van der Waals surface area contributed by atoms with Gasteiger partial charge in [0, 0.05) is 17.5 Å². The van der Waals surface area contributed by atoms with Crippen LogP contribution in [0.3, 0.4) is 0 Å². The molecule has 3 aromatic rings. The van der Waals surface area contributed by atoms with Crippen LogP contribution >= 0.6 is 0 Å². The molecule has 25 heavy (non-hydrogen) atoms. The molecule has 1 aromatic heterocycles. The van der Waals surface area contributed by atoms with Crippen LogP contribution in [0.5, 0.6) is 5.75 Å². The van der Waals surface area contributed by atoms with Gasteiger partial charge < -0.3 is 14.6 Å². The minimum absolute atomic E-state index is 0.0320. The van der Waals surface area contributed by atoms with Crippen molar-refractivity contribution in [1.82, 2.24) is 4.57 Å². The summed E-state index contributed by atoms with van der Waals surface area (Å²) in [5, 5.41) is 13.6. The van der Waals surface area contributed by atoms with Crippen molar-refractivity contribution in [3.05, 3.63) is 47.5 Å². The number of fused-ring (bicyclic) bond motifs is 2. The molecule has 0 fully saturated rings. The minimum Gasteiger partial charge on any atom is -0.482 e. The van der Waals surface area contributed by atoms with E-state index in [1.54, 1.807) is 0 Å².